The van der Waals surface area contributed by atoms with Gasteiger partial charge in [-0.1, -0.05) is 127 Å². The van der Waals surface area contributed by atoms with Gasteiger partial charge in [0.25, 0.3) is 0 Å². The zero-order valence-electron chi connectivity index (χ0n) is 33.4. The second-order valence-electron chi connectivity index (χ2n) is 15.6. The van der Waals surface area contributed by atoms with Crippen LogP contribution in [0.1, 0.15) is 12.7 Å². The van der Waals surface area contributed by atoms with Crippen LogP contribution in [0.2, 0.25) is 0 Å². The van der Waals surface area contributed by atoms with E-state index in [-0.39, 0.29) is 16.4 Å². The standard InChI is InChI=1S/C53H31B5N2S/c1-2-44-59-40-20-6-7-21-41(40)60(44)33-15-10-13-30(27-33)29-12-9-14-31(26-29)45-34-16-3-4-17-35(34)47(38-19-11-23-43-48(38)37-18-5-8-22-42(37)61-43)39-28-32(24-25-36(39)45)46-49(54)51(56)53(58)52(57)50(46)55/h3-28H,2H2,1H3. The predicted molar refractivity (Wildman–Crippen MR) is 267 cm³/mol. The first-order chi connectivity index (χ1) is 29.8. The number of fused-ring (bicyclic) bond motifs is 6. The van der Waals surface area contributed by atoms with Crippen LogP contribution in [0.4, 0.5) is 0 Å². The van der Waals surface area contributed by atoms with Gasteiger partial charge in [0.05, 0.1) is 11.0 Å². The van der Waals surface area contributed by atoms with Gasteiger partial charge in [0.2, 0.25) is 0 Å². The summed E-state index contributed by atoms with van der Waals surface area (Å²) >= 11 is 1.81. The van der Waals surface area contributed by atoms with Crippen LogP contribution in [-0.2, 0) is 6.42 Å². The van der Waals surface area contributed by atoms with Crippen LogP contribution < -0.4 is 27.3 Å². The molecule has 8 heteroatoms. The van der Waals surface area contributed by atoms with Crippen molar-refractivity contribution in [2.75, 3.05) is 0 Å². The number of nitrogens with zero attached hydrogens (tertiary/aromatic N) is 2. The minimum atomic E-state index is 0.194. The summed E-state index contributed by atoms with van der Waals surface area (Å²) in [6.45, 7) is 2.15. The molecule has 0 unspecified atom stereocenters. The van der Waals surface area contributed by atoms with Gasteiger partial charge in [0, 0.05) is 32.3 Å². The molecule has 0 spiro atoms. The van der Waals surface area contributed by atoms with E-state index in [0.717, 1.165) is 89.5 Å². The molecule has 0 aliphatic carbocycles. The predicted octanol–water partition coefficient (Wildman–Crippen LogP) is 8.90. The number of benzene rings is 9. The third-order valence-corrected chi connectivity index (χ3v) is 13.4. The summed E-state index contributed by atoms with van der Waals surface area (Å²) in [6, 6.07) is 56.4. The summed E-state index contributed by atoms with van der Waals surface area (Å²) in [5.41, 5.74) is 12.6. The molecule has 2 nitrogen and oxygen atoms in total. The van der Waals surface area contributed by atoms with Crippen LogP contribution in [0.15, 0.2) is 158 Å². The van der Waals surface area contributed by atoms with Crippen molar-refractivity contribution in [1.29, 1.82) is 0 Å². The second-order valence-corrected chi connectivity index (χ2v) is 16.7. The normalized spacial score (nSPS) is 11.8. The van der Waals surface area contributed by atoms with E-state index in [4.69, 9.17) is 44.2 Å². The fourth-order valence-corrected chi connectivity index (χ4v) is 10.5. The van der Waals surface area contributed by atoms with Crippen molar-refractivity contribution in [3.05, 3.63) is 164 Å². The lowest BCUT2D eigenvalue weighted by molar-refractivity contribution is 0.908. The molecule has 0 saturated carbocycles. The maximum atomic E-state index is 6.73. The SMILES string of the molecule is [B]c1c([B])c([B])c(-c2ccc3c(-c4cccc(-c5cccc(-n6c(CC)nc7ccccc76)c5)c4)c4ccccc4c(-c4cccc5sc6ccccc6c45)c3c2)c([B])c1[B]. The van der Waals surface area contributed by atoms with E-state index in [9.17, 15) is 0 Å². The zero-order valence-corrected chi connectivity index (χ0v) is 34.2. The summed E-state index contributed by atoms with van der Waals surface area (Å²) < 4.78 is 4.75. The average Bonchev–Trinajstić information content (AvgIpc) is 3.88. The Morgan fingerprint density at radius 1 is 0.459 bits per heavy atom. The number of imidazole rings is 1. The molecule has 0 bridgehead atoms. The summed E-state index contributed by atoms with van der Waals surface area (Å²) in [5, 5.41) is 6.88. The number of thiophene rings is 1. The maximum absolute atomic E-state index is 6.73. The summed E-state index contributed by atoms with van der Waals surface area (Å²) in [7, 11) is 32.6. The van der Waals surface area contributed by atoms with Crippen molar-refractivity contribution in [2.24, 2.45) is 0 Å². The monoisotopic (exact) mass is 782 g/mol. The average molecular weight is 782 g/mol. The minimum absolute atomic E-state index is 0.194. The van der Waals surface area contributed by atoms with Gasteiger partial charge in [-0.3, -0.25) is 4.57 Å². The Hall–Kier alpha value is -6.49. The molecule has 61 heavy (non-hydrogen) atoms. The van der Waals surface area contributed by atoms with Gasteiger partial charge >= 0.3 is 0 Å². The van der Waals surface area contributed by atoms with E-state index in [1.54, 1.807) is 0 Å². The minimum Gasteiger partial charge on any atom is -0.296 e. The molecule has 11 rings (SSSR count). The highest BCUT2D eigenvalue weighted by molar-refractivity contribution is 7.26. The van der Waals surface area contributed by atoms with E-state index >= 15 is 0 Å². The quantitative estimate of drug-likeness (QED) is 0.122. The Labute approximate surface area is 365 Å². The molecule has 9 aromatic carbocycles. The summed E-state index contributed by atoms with van der Waals surface area (Å²) in [6.07, 6.45) is 0.821. The van der Waals surface area contributed by atoms with Crippen LogP contribution in [0.25, 0.3) is 103 Å². The number of para-hydroxylation sites is 2. The maximum Gasteiger partial charge on any atom is 0.114 e. The highest BCUT2D eigenvalue weighted by Gasteiger charge is 2.22. The summed E-state index contributed by atoms with van der Waals surface area (Å²) in [4.78, 5) is 4.96. The highest BCUT2D eigenvalue weighted by Crippen LogP contribution is 2.48. The van der Waals surface area contributed by atoms with Crippen molar-refractivity contribution < 1.29 is 0 Å². The molecular formula is C53H31B5N2S. The van der Waals surface area contributed by atoms with E-state index < -0.39 is 0 Å². The van der Waals surface area contributed by atoms with Crippen LogP contribution in [0.3, 0.4) is 0 Å². The van der Waals surface area contributed by atoms with Gasteiger partial charge in [0.1, 0.15) is 45.1 Å². The topological polar surface area (TPSA) is 17.8 Å². The number of hydrogen-bond acceptors (Lipinski definition) is 2. The zero-order chi connectivity index (χ0) is 41.5. The number of aromatic nitrogens is 2. The van der Waals surface area contributed by atoms with Gasteiger partial charge < -0.3 is 0 Å². The Morgan fingerprint density at radius 2 is 1.05 bits per heavy atom. The molecule has 0 atom stereocenters. The van der Waals surface area contributed by atoms with Gasteiger partial charge in [0.15, 0.2) is 0 Å². The summed E-state index contributed by atoms with van der Waals surface area (Å²) in [5.74, 6) is 1.03. The first kappa shape index (κ1) is 37.5. The van der Waals surface area contributed by atoms with Crippen molar-refractivity contribution in [3.8, 4) is 50.2 Å². The van der Waals surface area contributed by atoms with E-state index in [1.807, 2.05) is 17.4 Å². The molecule has 2 heterocycles. The van der Waals surface area contributed by atoms with Crippen LogP contribution in [0.5, 0.6) is 0 Å². The number of hydrogen-bond donors (Lipinski definition) is 0. The van der Waals surface area contributed by atoms with Crippen LogP contribution >= 0.6 is 11.3 Å². The number of rotatable bonds is 6. The molecule has 0 saturated heterocycles. The van der Waals surface area contributed by atoms with Crippen LogP contribution in [-0.4, -0.2) is 48.8 Å². The van der Waals surface area contributed by atoms with Gasteiger partial charge in [-0.25, -0.2) is 4.98 Å². The van der Waals surface area contributed by atoms with Gasteiger partial charge in [-0.05, 0) is 115 Å². The molecular weight excluding hydrogens is 751 g/mol. The van der Waals surface area contributed by atoms with Crippen molar-refractivity contribution in [2.45, 2.75) is 13.3 Å². The third kappa shape index (κ3) is 5.87. The lowest BCUT2D eigenvalue weighted by Gasteiger charge is -2.23. The van der Waals surface area contributed by atoms with Crippen molar-refractivity contribution in [3.63, 3.8) is 0 Å². The molecule has 2 aromatic heterocycles. The molecule has 10 radical (unpaired) electrons. The molecule has 11 aromatic rings. The number of aryl methyl sites for hydroxylation is 1. The lowest BCUT2D eigenvalue weighted by atomic mass is 9.59. The Kier molecular flexibility index (Phi) is 8.98. The molecule has 274 valence electrons. The molecule has 0 N–H and O–H groups in total. The Morgan fingerprint density at radius 3 is 1.84 bits per heavy atom. The Bertz CT molecular complexity index is 3570. The van der Waals surface area contributed by atoms with Gasteiger partial charge in [-0.15, -0.1) is 27.7 Å². The lowest BCUT2D eigenvalue weighted by Crippen LogP contribution is -2.55. The molecule has 0 aliphatic rings. The van der Waals surface area contributed by atoms with Crippen molar-refractivity contribution in [1.82, 2.24) is 9.55 Å². The van der Waals surface area contributed by atoms with Gasteiger partial charge in [-0.2, -0.15) is 0 Å². The first-order valence-electron chi connectivity index (χ1n) is 20.4. The van der Waals surface area contributed by atoms with E-state index in [0.29, 0.717) is 16.5 Å². The smallest absolute Gasteiger partial charge is 0.114 e. The van der Waals surface area contributed by atoms with E-state index in [2.05, 4.69) is 163 Å². The fourth-order valence-electron chi connectivity index (χ4n) is 9.36. The largest absolute Gasteiger partial charge is 0.296 e. The van der Waals surface area contributed by atoms with E-state index in [1.165, 1.54) is 20.2 Å². The Balaban J connectivity index is 1.19. The molecule has 0 fully saturated rings. The third-order valence-electron chi connectivity index (χ3n) is 12.2. The first-order valence-corrected chi connectivity index (χ1v) is 21.2. The highest BCUT2D eigenvalue weighted by atomic mass is 32.1. The fraction of sp³-hybridized carbons (Fsp3) is 0.0377. The van der Waals surface area contributed by atoms with Crippen molar-refractivity contribution >= 4 is 131 Å². The van der Waals surface area contributed by atoms with Crippen LogP contribution in [0, 0.1) is 0 Å². The molecule has 0 aliphatic heterocycles. The second kappa shape index (κ2) is 14.6. The molecule has 0 amide bonds.